The molecule has 0 spiro atoms. The lowest BCUT2D eigenvalue weighted by molar-refractivity contribution is -0.165. The molecule has 2 aromatic carbocycles. The van der Waals surface area contributed by atoms with E-state index in [4.69, 9.17) is 20.4 Å². The number of hydrogen-bond donors (Lipinski definition) is 10. The molecule has 10 N–H and O–H groups in total. The number of aliphatic hydroxyl groups excluding tert-OH is 2. The number of aliphatic carboxylic acids is 2. The molecule has 0 radical (unpaired) electrons. The number of hydrogen-bond acceptors (Lipinski definition) is 10. The van der Waals surface area contributed by atoms with Crippen molar-refractivity contribution in [3.8, 4) is 11.5 Å². The molecule has 0 aromatic heterocycles. The molecule has 262 valence electrons. The molecule has 0 amide bonds. The maximum absolute atomic E-state index is 11.4. The summed E-state index contributed by atoms with van der Waals surface area (Å²) in [7, 11) is 0. The van der Waals surface area contributed by atoms with Gasteiger partial charge < -0.3 is 51.5 Å². The fraction of sp³-hybridized carbons (Fsp3) is 0.611. The molecule has 2 saturated heterocycles. The maximum atomic E-state index is 11.4. The van der Waals surface area contributed by atoms with Crippen LogP contribution in [0, 0.1) is 0 Å². The van der Waals surface area contributed by atoms with Gasteiger partial charge in [0.1, 0.15) is 11.5 Å². The van der Waals surface area contributed by atoms with Crippen LogP contribution in [0.25, 0.3) is 0 Å². The van der Waals surface area contributed by atoms with E-state index in [0.717, 1.165) is 77.3 Å². The molecule has 2 aliphatic heterocycles. The molecule has 4 bridgehead atoms. The van der Waals surface area contributed by atoms with Gasteiger partial charge in [-0.15, -0.1) is 0 Å². The van der Waals surface area contributed by atoms with Crippen molar-refractivity contribution in [2.45, 2.75) is 123 Å². The summed E-state index contributed by atoms with van der Waals surface area (Å²) in [5.74, 6) is -2.87. The van der Waals surface area contributed by atoms with Gasteiger partial charge in [0, 0.05) is 22.9 Å². The average molecular weight is 669 g/mol. The molecule has 8 rings (SSSR count). The monoisotopic (exact) mass is 668 g/mol. The summed E-state index contributed by atoms with van der Waals surface area (Å²) < 4.78 is 0. The maximum Gasteiger partial charge on any atom is 0.335 e. The Morgan fingerprint density at radius 2 is 1.00 bits per heavy atom. The van der Waals surface area contributed by atoms with Crippen LogP contribution in [-0.4, -0.2) is 101 Å². The molecule has 12 nitrogen and oxygen atoms in total. The molecule has 12 heteroatoms. The van der Waals surface area contributed by atoms with Crippen LogP contribution < -0.4 is 10.6 Å². The van der Waals surface area contributed by atoms with E-state index < -0.39 is 35.3 Å². The van der Waals surface area contributed by atoms with Gasteiger partial charge in [-0.2, -0.15) is 0 Å². The van der Waals surface area contributed by atoms with Crippen LogP contribution in [-0.2, 0) is 33.3 Å². The number of phenolic OH excluding ortho intramolecular Hbond substituents is 2. The minimum absolute atomic E-state index is 0.131. The van der Waals surface area contributed by atoms with Crippen LogP contribution in [0.5, 0.6) is 11.5 Å². The number of carboxylic acids is 2. The highest BCUT2D eigenvalue weighted by Gasteiger charge is 2.62. The summed E-state index contributed by atoms with van der Waals surface area (Å²) in [6.07, 6.45) is 7.68. The number of phenols is 2. The van der Waals surface area contributed by atoms with Crippen molar-refractivity contribution < 1.29 is 50.4 Å². The van der Waals surface area contributed by atoms with E-state index in [2.05, 4.69) is 10.6 Å². The quantitative estimate of drug-likeness (QED) is 0.225. The highest BCUT2D eigenvalue weighted by atomic mass is 16.4. The van der Waals surface area contributed by atoms with E-state index in [-0.39, 0.29) is 22.9 Å². The van der Waals surface area contributed by atoms with Crippen molar-refractivity contribution in [1.29, 1.82) is 0 Å². The highest BCUT2D eigenvalue weighted by molar-refractivity contribution is 5.83. The lowest BCUT2D eigenvalue weighted by atomic mass is 9.50. The van der Waals surface area contributed by atoms with Crippen LogP contribution in [0.15, 0.2) is 36.4 Å². The second-order valence-electron chi connectivity index (χ2n) is 14.6. The zero-order chi connectivity index (χ0) is 34.5. The van der Waals surface area contributed by atoms with E-state index >= 15 is 0 Å². The molecular formula is C36H48N2O10. The molecule has 6 aliphatic rings. The van der Waals surface area contributed by atoms with Crippen molar-refractivity contribution in [1.82, 2.24) is 10.6 Å². The third-order valence-electron chi connectivity index (χ3n) is 12.4. The van der Waals surface area contributed by atoms with E-state index in [1.807, 2.05) is 24.3 Å². The molecule has 2 aromatic rings. The van der Waals surface area contributed by atoms with Crippen LogP contribution in [0.2, 0.25) is 0 Å². The lowest BCUT2D eigenvalue weighted by Gasteiger charge is -2.61. The number of nitrogens with one attached hydrogen (secondary N) is 2. The van der Waals surface area contributed by atoms with E-state index in [1.54, 1.807) is 12.1 Å². The van der Waals surface area contributed by atoms with Crippen LogP contribution >= 0.6 is 0 Å². The van der Waals surface area contributed by atoms with Crippen molar-refractivity contribution in [2.75, 3.05) is 13.1 Å². The Balaban J connectivity index is 0.000000133. The summed E-state index contributed by atoms with van der Waals surface area (Å²) in [6.45, 7) is 1.95. The Morgan fingerprint density at radius 3 is 1.38 bits per heavy atom. The minimum atomic E-state index is -2.27. The van der Waals surface area contributed by atoms with Gasteiger partial charge in [-0.1, -0.05) is 37.8 Å². The molecule has 8 atom stereocenters. The summed E-state index contributed by atoms with van der Waals surface area (Å²) >= 11 is 0. The fourth-order valence-corrected chi connectivity index (χ4v) is 10.1. The second kappa shape index (κ2) is 12.9. The molecule has 2 unspecified atom stereocenters. The number of carbonyl (C=O) groups is 2. The molecule has 2 saturated carbocycles. The fourth-order valence-electron chi connectivity index (χ4n) is 10.1. The summed E-state index contributed by atoms with van der Waals surface area (Å²) in [5.41, 5.74) is 3.54. The Labute approximate surface area is 279 Å². The van der Waals surface area contributed by atoms with Gasteiger partial charge in [-0.05, 0) is 111 Å². The number of aliphatic hydroxyl groups is 4. The van der Waals surface area contributed by atoms with E-state index in [0.29, 0.717) is 11.5 Å². The Hall–Kier alpha value is -3.26. The summed E-state index contributed by atoms with van der Waals surface area (Å²) in [4.78, 5) is 19.5. The van der Waals surface area contributed by atoms with Crippen molar-refractivity contribution in [3.63, 3.8) is 0 Å². The first-order chi connectivity index (χ1) is 22.8. The van der Waals surface area contributed by atoms with E-state index in [1.165, 1.54) is 35.1 Å². The zero-order valence-electron chi connectivity index (χ0n) is 27.1. The average Bonchev–Trinajstić information content (AvgIpc) is 3.05. The minimum Gasteiger partial charge on any atom is -0.508 e. The van der Waals surface area contributed by atoms with Gasteiger partial charge in [-0.3, -0.25) is 0 Å². The zero-order valence-corrected chi connectivity index (χ0v) is 27.1. The van der Waals surface area contributed by atoms with Crippen LogP contribution in [0.3, 0.4) is 0 Å². The summed E-state index contributed by atoms with van der Waals surface area (Å²) in [6, 6.07) is 11.8. The number of fused-ring (bicyclic) bond motifs is 2. The smallest absolute Gasteiger partial charge is 0.335 e. The van der Waals surface area contributed by atoms with Crippen molar-refractivity contribution in [2.24, 2.45) is 0 Å². The van der Waals surface area contributed by atoms with Crippen LogP contribution in [0.1, 0.15) is 86.5 Å². The van der Waals surface area contributed by atoms with Gasteiger partial charge in [0.05, 0.1) is 11.2 Å². The Kier molecular flexibility index (Phi) is 9.29. The Morgan fingerprint density at radius 1 is 0.625 bits per heavy atom. The van der Waals surface area contributed by atoms with Gasteiger partial charge in [0.25, 0.3) is 0 Å². The number of aromatic hydroxyl groups is 2. The topological polar surface area (TPSA) is 220 Å². The normalized spacial score (nSPS) is 35.2. The van der Waals surface area contributed by atoms with Gasteiger partial charge >= 0.3 is 11.9 Å². The molecular weight excluding hydrogens is 620 g/mol. The lowest BCUT2D eigenvalue weighted by Crippen LogP contribution is -2.71. The standard InChI is InChI=1S/2C16H21NO2.C4H6O6/c2*18-12-4-3-11-9-14-16(19)6-2-1-5-15(16,7-8-17-14)13(11)10-12;5-1(3(7)8)2(6)4(9)10/h2*3-4,10,14,17-19H,1-2,5-9H2;1-2,5-6H,(H,7,8)(H,9,10)/t2*14-,15+,16-;/m11./s1. The first-order valence-electron chi connectivity index (χ1n) is 17.2. The first-order valence-corrected chi connectivity index (χ1v) is 17.2. The predicted molar refractivity (Wildman–Crippen MR) is 174 cm³/mol. The molecule has 2 heterocycles. The predicted octanol–water partition coefficient (Wildman–Crippen LogP) is 1.58. The van der Waals surface area contributed by atoms with Gasteiger partial charge in [-0.25, -0.2) is 9.59 Å². The van der Waals surface area contributed by atoms with Gasteiger partial charge in [0.15, 0.2) is 12.2 Å². The van der Waals surface area contributed by atoms with Gasteiger partial charge in [0.2, 0.25) is 0 Å². The molecule has 4 aliphatic carbocycles. The highest BCUT2D eigenvalue weighted by Crippen LogP contribution is 2.58. The molecule has 4 fully saturated rings. The number of benzene rings is 2. The van der Waals surface area contributed by atoms with E-state index in [9.17, 15) is 30.0 Å². The van der Waals surface area contributed by atoms with Crippen LogP contribution in [0.4, 0.5) is 0 Å². The largest absolute Gasteiger partial charge is 0.508 e. The second-order valence-corrected chi connectivity index (χ2v) is 14.6. The first kappa shape index (κ1) is 34.6. The number of rotatable bonds is 3. The van der Waals surface area contributed by atoms with Crippen molar-refractivity contribution in [3.05, 3.63) is 58.7 Å². The third kappa shape index (κ3) is 5.46. The number of carboxylic acid groups (broad SMARTS) is 2. The SMILES string of the molecule is O=C(O)C(O)C(O)C(=O)O.Oc1ccc2c(c1)[C@@]13CCCC[C@@]1(O)[C@@H](C2)NCC3.Oc1ccc2c(c1)[C@@]13CCCC[C@@]1(O)[C@@H](C2)NCC3. The molecule has 48 heavy (non-hydrogen) atoms. The number of piperidine rings is 2. The van der Waals surface area contributed by atoms with Crippen molar-refractivity contribution >= 4 is 11.9 Å². The summed E-state index contributed by atoms with van der Waals surface area (Å²) in [5, 5.41) is 82.0. The third-order valence-corrected chi connectivity index (χ3v) is 12.4. The Bertz CT molecular complexity index is 1430.